The number of methoxy groups -OCH3 is 3. The maximum Gasteiger partial charge on any atom is 0.336 e. The SMILES string of the molecule is COC(=O)C1=C(C)NC2=C(C(=O)C[C@H](c3ccc(OC)c(OC)c3)C2)[C@@H]1c1cccc(OCc2ccccc2)c1. The Morgan fingerprint density at radius 2 is 1.65 bits per heavy atom. The Hall–Kier alpha value is -4.52. The average Bonchev–Trinajstić information content (AvgIpc) is 2.99. The molecule has 0 fully saturated rings. The number of allylic oxidation sites excluding steroid dienone is 3. The average molecular weight is 540 g/mol. The number of hydrogen-bond acceptors (Lipinski definition) is 7. The van der Waals surface area contributed by atoms with Crippen molar-refractivity contribution in [1.82, 2.24) is 5.32 Å². The maximum absolute atomic E-state index is 13.9. The third kappa shape index (κ3) is 5.32. The number of carbonyl (C=O) groups excluding carboxylic acids is 2. The van der Waals surface area contributed by atoms with Crippen LogP contribution >= 0.6 is 0 Å². The third-order valence-corrected chi connectivity index (χ3v) is 7.55. The molecule has 7 nitrogen and oxygen atoms in total. The molecule has 2 atom stereocenters. The molecule has 3 aromatic carbocycles. The molecule has 0 bridgehead atoms. The third-order valence-electron chi connectivity index (χ3n) is 7.55. The fraction of sp³-hybridized carbons (Fsp3) is 0.273. The minimum atomic E-state index is -0.567. The van der Waals surface area contributed by atoms with Crippen LogP contribution in [0, 0.1) is 0 Å². The molecule has 2 aliphatic rings. The smallest absolute Gasteiger partial charge is 0.336 e. The van der Waals surface area contributed by atoms with Crippen molar-refractivity contribution in [3.8, 4) is 17.2 Å². The first-order chi connectivity index (χ1) is 19.4. The molecule has 0 amide bonds. The van der Waals surface area contributed by atoms with Gasteiger partial charge in [-0.25, -0.2) is 4.79 Å². The number of rotatable bonds is 8. The molecule has 3 aromatic rings. The van der Waals surface area contributed by atoms with Gasteiger partial charge in [-0.3, -0.25) is 4.79 Å². The van der Waals surface area contributed by atoms with Gasteiger partial charge in [0.25, 0.3) is 0 Å². The number of Topliss-reactive ketones (excluding diaryl/α,β-unsaturated/α-hetero) is 1. The lowest BCUT2D eigenvalue weighted by atomic mass is 9.71. The van der Waals surface area contributed by atoms with Gasteiger partial charge in [0.15, 0.2) is 17.3 Å². The molecule has 1 N–H and O–H groups in total. The van der Waals surface area contributed by atoms with Gasteiger partial charge in [-0.1, -0.05) is 48.5 Å². The first-order valence-electron chi connectivity index (χ1n) is 13.2. The number of carbonyl (C=O) groups is 2. The first-order valence-corrected chi connectivity index (χ1v) is 13.2. The number of esters is 1. The molecule has 0 unspecified atom stereocenters. The predicted molar refractivity (Wildman–Crippen MR) is 151 cm³/mol. The first kappa shape index (κ1) is 27.1. The summed E-state index contributed by atoms with van der Waals surface area (Å²) in [5.74, 6) is 0.832. The van der Waals surface area contributed by atoms with Crippen LogP contribution in [0.3, 0.4) is 0 Å². The molecular formula is C33H33NO6. The molecule has 0 aromatic heterocycles. The van der Waals surface area contributed by atoms with E-state index >= 15 is 0 Å². The van der Waals surface area contributed by atoms with Gasteiger partial charge in [-0.2, -0.15) is 0 Å². The predicted octanol–water partition coefficient (Wildman–Crippen LogP) is 5.82. The molecule has 1 aliphatic heterocycles. The standard InChI is InChI=1S/C33H33NO6/c1-20-30(33(36)39-4)31(23-11-8-12-25(15-23)40-19-21-9-6-5-7-10-21)32-26(34-20)16-24(17-27(32)35)22-13-14-28(37-2)29(18-22)38-3/h5-15,18,24,31,34H,16-17,19H2,1-4H3/t24-,31-/m1/s1. The largest absolute Gasteiger partial charge is 0.493 e. The van der Waals surface area contributed by atoms with E-state index in [0.717, 1.165) is 22.4 Å². The van der Waals surface area contributed by atoms with Gasteiger partial charge in [0.1, 0.15) is 12.4 Å². The molecule has 206 valence electrons. The zero-order valence-electron chi connectivity index (χ0n) is 23.2. The fourth-order valence-corrected chi connectivity index (χ4v) is 5.62. The van der Waals surface area contributed by atoms with Gasteiger partial charge < -0.3 is 24.3 Å². The molecule has 1 aliphatic carbocycles. The molecular weight excluding hydrogens is 506 g/mol. The highest BCUT2D eigenvalue weighted by atomic mass is 16.5. The van der Waals surface area contributed by atoms with Crippen LogP contribution in [0.25, 0.3) is 0 Å². The van der Waals surface area contributed by atoms with E-state index in [1.807, 2.05) is 79.7 Å². The van der Waals surface area contributed by atoms with E-state index in [4.69, 9.17) is 18.9 Å². The second-order valence-electron chi connectivity index (χ2n) is 9.97. The van der Waals surface area contributed by atoms with Crippen LogP contribution in [0.5, 0.6) is 17.2 Å². The number of ether oxygens (including phenoxy) is 4. The Morgan fingerprint density at radius 1 is 0.875 bits per heavy atom. The van der Waals surface area contributed by atoms with E-state index < -0.39 is 11.9 Å². The van der Waals surface area contributed by atoms with Gasteiger partial charge >= 0.3 is 5.97 Å². The summed E-state index contributed by atoms with van der Waals surface area (Å²) in [4.78, 5) is 26.9. The van der Waals surface area contributed by atoms with E-state index in [9.17, 15) is 9.59 Å². The van der Waals surface area contributed by atoms with Crippen LogP contribution in [0.2, 0.25) is 0 Å². The molecule has 7 heteroatoms. The Balaban J connectivity index is 1.51. The van der Waals surface area contributed by atoms with Crippen molar-refractivity contribution in [3.05, 3.63) is 112 Å². The van der Waals surface area contributed by atoms with Crippen molar-refractivity contribution in [2.24, 2.45) is 0 Å². The quantitative estimate of drug-likeness (QED) is 0.361. The van der Waals surface area contributed by atoms with Crippen LogP contribution in [0.4, 0.5) is 0 Å². The van der Waals surface area contributed by atoms with E-state index in [2.05, 4.69) is 5.32 Å². The van der Waals surface area contributed by atoms with E-state index in [0.29, 0.717) is 53.5 Å². The summed E-state index contributed by atoms with van der Waals surface area (Å²) in [7, 11) is 4.56. The zero-order valence-corrected chi connectivity index (χ0v) is 23.2. The number of dihydropyridines is 1. The summed E-state index contributed by atoms with van der Waals surface area (Å²) < 4.78 is 22.1. The minimum Gasteiger partial charge on any atom is -0.493 e. The van der Waals surface area contributed by atoms with Crippen LogP contribution in [-0.4, -0.2) is 33.1 Å². The van der Waals surface area contributed by atoms with E-state index in [1.165, 1.54) is 7.11 Å². The Labute approximate surface area is 234 Å². The second-order valence-corrected chi connectivity index (χ2v) is 9.97. The monoisotopic (exact) mass is 539 g/mol. The van der Waals surface area contributed by atoms with E-state index in [1.54, 1.807) is 14.2 Å². The number of hydrogen-bond donors (Lipinski definition) is 1. The highest BCUT2D eigenvalue weighted by molar-refractivity contribution is 6.04. The summed E-state index contributed by atoms with van der Waals surface area (Å²) in [5.41, 5.74) is 5.37. The fourth-order valence-electron chi connectivity index (χ4n) is 5.62. The molecule has 5 rings (SSSR count). The molecule has 40 heavy (non-hydrogen) atoms. The van der Waals surface area contributed by atoms with Crippen molar-refractivity contribution in [1.29, 1.82) is 0 Å². The van der Waals surface area contributed by atoms with Crippen LogP contribution in [0.15, 0.2) is 95.3 Å². The molecule has 0 radical (unpaired) electrons. The van der Waals surface area contributed by atoms with E-state index in [-0.39, 0.29) is 11.7 Å². The lowest BCUT2D eigenvalue weighted by Crippen LogP contribution is -2.36. The zero-order chi connectivity index (χ0) is 28.2. The minimum absolute atomic E-state index is 0.0111. The summed E-state index contributed by atoms with van der Waals surface area (Å²) in [6, 6.07) is 23.3. The lowest BCUT2D eigenvalue weighted by molar-refractivity contribution is -0.136. The maximum atomic E-state index is 13.9. The highest BCUT2D eigenvalue weighted by Crippen LogP contribution is 2.47. The Kier molecular flexibility index (Phi) is 7.91. The van der Waals surface area contributed by atoms with Gasteiger partial charge in [-0.05, 0) is 60.2 Å². The highest BCUT2D eigenvalue weighted by Gasteiger charge is 2.41. The number of ketones is 1. The van der Waals surface area contributed by atoms with Crippen molar-refractivity contribution >= 4 is 11.8 Å². The Morgan fingerprint density at radius 3 is 2.38 bits per heavy atom. The normalized spacial score (nSPS) is 18.6. The Bertz CT molecular complexity index is 1490. The van der Waals surface area contributed by atoms with Crippen LogP contribution in [-0.2, 0) is 20.9 Å². The van der Waals surface area contributed by atoms with Gasteiger partial charge in [-0.15, -0.1) is 0 Å². The molecule has 0 saturated carbocycles. The topological polar surface area (TPSA) is 83.1 Å². The number of nitrogens with one attached hydrogen (secondary N) is 1. The van der Waals surface area contributed by atoms with Crippen molar-refractivity contribution < 1.29 is 28.5 Å². The summed E-state index contributed by atoms with van der Waals surface area (Å²) in [6.07, 6.45) is 0.924. The van der Waals surface area contributed by atoms with Gasteiger partial charge in [0.05, 0.1) is 26.9 Å². The molecule has 0 saturated heterocycles. The van der Waals surface area contributed by atoms with Crippen molar-refractivity contribution in [2.75, 3.05) is 21.3 Å². The van der Waals surface area contributed by atoms with Gasteiger partial charge in [0, 0.05) is 29.3 Å². The van der Waals surface area contributed by atoms with Crippen LogP contribution < -0.4 is 19.5 Å². The summed E-state index contributed by atoms with van der Waals surface area (Å²) in [6.45, 7) is 2.26. The summed E-state index contributed by atoms with van der Waals surface area (Å²) in [5, 5.41) is 3.38. The van der Waals surface area contributed by atoms with Crippen LogP contribution in [0.1, 0.15) is 48.3 Å². The lowest BCUT2D eigenvalue weighted by Gasteiger charge is -2.36. The second kappa shape index (κ2) is 11.7. The molecule has 0 spiro atoms. The van der Waals surface area contributed by atoms with Crippen molar-refractivity contribution in [2.45, 2.75) is 38.2 Å². The summed E-state index contributed by atoms with van der Waals surface area (Å²) >= 11 is 0. The van der Waals surface area contributed by atoms with Gasteiger partial charge in [0.2, 0.25) is 0 Å². The molecule has 1 heterocycles. The van der Waals surface area contributed by atoms with Crippen molar-refractivity contribution in [3.63, 3.8) is 0 Å². The number of benzene rings is 3.